The summed E-state index contributed by atoms with van der Waals surface area (Å²) in [5, 5.41) is 5.61. The summed E-state index contributed by atoms with van der Waals surface area (Å²) in [5.74, 6) is -0.606. The van der Waals surface area contributed by atoms with E-state index in [4.69, 9.17) is 4.74 Å². The molecule has 0 amide bonds. The highest BCUT2D eigenvalue weighted by Gasteiger charge is 2.10. The lowest BCUT2D eigenvalue weighted by atomic mass is 10.3. The van der Waals surface area contributed by atoms with E-state index in [-0.39, 0.29) is 5.56 Å². The smallest absolute Gasteiger partial charge is 0.343 e. The van der Waals surface area contributed by atoms with Crippen LogP contribution in [-0.2, 0) is 4.74 Å². The van der Waals surface area contributed by atoms with Crippen LogP contribution in [-0.4, -0.2) is 22.8 Å². The summed E-state index contributed by atoms with van der Waals surface area (Å²) in [7, 11) is 0. The number of nitrogens with one attached hydrogen (secondary N) is 1. The second-order valence-electron chi connectivity index (χ2n) is 2.44. The number of rotatable bonds is 3. The molecule has 13 heavy (non-hydrogen) atoms. The summed E-state index contributed by atoms with van der Waals surface area (Å²) in [5.41, 5.74) is -0.535. The van der Waals surface area contributed by atoms with Crippen molar-refractivity contribution in [1.29, 1.82) is 0 Å². The van der Waals surface area contributed by atoms with Gasteiger partial charge in [0.2, 0.25) is 0 Å². The molecule has 70 valence electrons. The highest BCUT2D eigenvalue weighted by Crippen LogP contribution is 1.93. The van der Waals surface area contributed by atoms with Gasteiger partial charge in [0.1, 0.15) is 5.56 Å². The molecule has 1 aromatic heterocycles. The average Bonchev–Trinajstić information content (AvgIpc) is 2.15. The van der Waals surface area contributed by atoms with Crippen LogP contribution in [0.2, 0.25) is 0 Å². The molecule has 5 nitrogen and oxygen atoms in total. The van der Waals surface area contributed by atoms with Crippen LogP contribution in [0, 0.1) is 0 Å². The Hall–Kier alpha value is -1.65. The highest BCUT2D eigenvalue weighted by atomic mass is 16.5. The van der Waals surface area contributed by atoms with E-state index in [0.717, 1.165) is 6.42 Å². The first-order valence-corrected chi connectivity index (χ1v) is 3.96. The van der Waals surface area contributed by atoms with Crippen molar-refractivity contribution in [2.75, 3.05) is 6.61 Å². The van der Waals surface area contributed by atoms with E-state index in [2.05, 4.69) is 10.2 Å². The number of carbonyl (C=O) groups excluding carboxylic acids is 1. The summed E-state index contributed by atoms with van der Waals surface area (Å²) in [6.45, 7) is 2.20. The number of aromatic amines is 1. The standard InChI is InChI=1S/C8H10N2O3/c1-2-5-13-8(12)6-3-4-9-10-7(6)11/h3-4H,2,5H2,1H3,(H,10,11). The van der Waals surface area contributed by atoms with Crippen LogP contribution in [0.25, 0.3) is 0 Å². The van der Waals surface area contributed by atoms with Gasteiger partial charge in [0.15, 0.2) is 0 Å². The Balaban J connectivity index is 2.77. The molecule has 1 heterocycles. The largest absolute Gasteiger partial charge is 0.462 e. The van der Waals surface area contributed by atoms with Crippen molar-refractivity contribution in [1.82, 2.24) is 10.2 Å². The second-order valence-corrected chi connectivity index (χ2v) is 2.44. The lowest BCUT2D eigenvalue weighted by Crippen LogP contribution is -2.20. The minimum absolute atomic E-state index is 0.0107. The number of aromatic nitrogens is 2. The van der Waals surface area contributed by atoms with Gasteiger partial charge in [0, 0.05) is 6.20 Å². The zero-order chi connectivity index (χ0) is 9.68. The Bertz CT molecular complexity index is 345. The van der Waals surface area contributed by atoms with Crippen LogP contribution in [0.1, 0.15) is 23.7 Å². The van der Waals surface area contributed by atoms with Crippen molar-refractivity contribution in [3.8, 4) is 0 Å². The zero-order valence-electron chi connectivity index (χ0n) is 7.24. The molecule has 0 aromatic carbocycles. The fourth-order valence-corrected chi connectivity index (χ4v) is 0.777. The Labute approximate surface area is 74.7 Å². The molecule has 1 rings (SSSR count). The number of hydrogen-bond acceptors (Lipinski definition) is 4. The monoisotopic (exact) mass is 182 g/mol. The van der Waals surface area contributed by atoms with Crippen LogP contribution in [0.3, 0.4) is 0 Å². The first kappa shape index (κ1) is 9.44. The molecule has 1 N–H and O–H groups in total. The summed E-state index contributed by atoms with van der Waals surface area (Å²) in [6, 6.07) is 1.33. The van der Waals surface area contributed by atoms with E-state index in [1.165, 1.54) is 12.3 Å². The maximum absolute atomic E-state index is 11.2. The van der Waals surface area contributed by atoms with Crippen LogP contribution >= 0.6 is 0 Å². The lowest BCUT2D eigenvalue weighted by Gasteiger charge is -2.00. The van der Waals surface area contributed by atoms with E-state index in [0.29, 0.717) is 6.61 Å². The predicted molar refractivity (Wildman–Crippen MR) is 45.4 cm³/mol. The van der Waals surface area contributed by atoms with E-state index in [1.54, 1.807) is 0 Å². The summed E-state index contributed by atoms with van der Waals surface area (Å²) < 4.78 is 4.77. The Morgan fingerprint density at radius 3 is 3.08 bits per heavy atom. The molecule has 0 radical (unpaired) electrons. The molecule has 0 aliphatic carbocycles. The summed E-state index contributed by atoms with van der Waals surface area (Å²) in [6.07, 6.45) is 2.07. The van der Waals surface area contributed by atoms with Crippen LogP contribution in [0.15, 0.2) is 17.1 Å². The Morgan fingerprint density at radius 2 is 2.46 bits per heavy atom. The average molecular weight is 182 g/mol. The molecule has 0 atom stereocenters. The molecule has 0 unspecified atom stereocenters. The maximum atomic E-state index is 11.2. The molecule has 5 heteroatoms. The van der Waals surface area contributed by atoms with E-state index < -0.39 is 11.5 Å². The SMILES string of the molecule is CCCOC(=O)c1ccn[nH]c1=O. The van der Waals surface area contributed by atoms with Gasteiger partial charge in [0.25, 0.3) is 5.56 Å². The molecule has 0 saturated carbocycles. The Kier molecular flexibility index (Phi) is 3.19. The number of ether oxygens (including phenoxy) is 1. The topological polar surface area (TPSA) is 72.0 Å². The molecule has 1 aromatic rings. The first-order valence-electron chi connectivity index (χ1n) is 3.96. The summed E-state index contributed by atoms with van der Waals surface area (Å²) >= 11 is 0. The molecule has 0 spiro atoms. The number of nitrogens with zero attached hydrogens (tertiary/aromatic N) is 1. The number of carbonyl (C=O) groups is 1. The number of esters is 1. The van der Waals surface area contributed by atoms with Crippen LogP contribution in [0.5, 0.6) is 0 Å². The quantitative estimate of drug-likeness (QED) is 0.684. The fraction of sp³-hybridized carbons (Fsp3) is 0.375. The zero-order valence-corrected chi connectivity index (χ0v) is 7.24. The molecule has 0 aliphatic heterocycles. The number of H-pyrrole nitrogens is 1. The van der Waals surface area contributed by atoms with Crippen LogP contribution < -0.4 is 5.56 Å². The van der Waals surface area contributed by atoms with Crippen molar-refractivity contribution in [2.24, 2.45) is 0 Å². The molecule has 0 saturated heterocycles. The molecule has 0 aliphatic rings. The van der Waals surface area contributed by atoms with Gasteiger partial charge < -0.3 is 4.74 Å². The van der Waals surface area contributed by atoms with Crippen molar-refractivity contribution in [2.45, 2.75) is 13.3 Å². The third-order valence-electron chi connectivity index (χ3n) is 1.38. The van der Waals surface area contributed by atoms with Gasteiger partial charge in [-0.25, -0.2) is 9.89 Å². The van der Waals surface area contributed by atoms with Gasteiger partial charge in [-0.3, -0.25) is 4.79 Å². The summed E-state index contributed by atoms with van der Waals surface area (Å²) in [4.78, 5) is 22.2. The maximum Gasteiger partial charge on any atom is 0.343 e. The minimum Gasteiger partial charge on any atom is -0.462 e. The van der Waals surface area contributed by atoms with Gasteiger partial charge in [-0.05, 0) is 12.5 Å². The minimum atomic E-state index is -0.606. The Morgan fingerprint density at radius 1 is 1.69 bits per heavy atom. The lowest BCUT2D eigenvalue weighted by molar-refractivity contribution is 0.0502. The number of hydrogen-bond donors (Lipinski definition) is 1. The first-order chi connectivity index (χ1) is 6.25. The van der Waals surface area contributed by atoms with Crippen LogP contribution in [0.4, 0.5) is 0 Å². The van der Waals surface area contributed by atoms with Crippen molar-refractivity contribution in [3.63, 3.8) is 0 Å². The fourth-order valence-electron chi connectivity index (χ4n) is 0.777. The van der Waals surface area contributed by atoms with E-state index >= 15 is 0 Å². The molecule has 0 fully saturated rings. The van der Waals surface area contributed by atoms with Crippen molar-refractivity contribution >= 4 is 5.97 Å². The van der Waals surface area contributed by atoms with Crippen molar-refractivity contribution in [3.05, 3.63) is 28.2 Å². The molecule has 0 bridgehead atoms. The van der Waals surface area contributed by atoms with Gasteiger partial charge in [0.05, 0.1) is 6.61 Å². The van der Waals surface area contributed by atoms with Gasteiger partial charge in [-0.1, -0.05) is 6.92 Å². The predicted octanol–water partition coefficient (Wildman–Crippen LogP) is 0.337. The molecular formula is C8H10N2O3. The van der Waals surface area contributed by atoms with E-state index in [1.807, 2.05) is 6.92 Å². The normalized spacial score (nSPS) is 9.62. The van der Waals surface area contributed by atoms with Gasteiger partial charge in [-0.15, -0.1) is 0 Å². The van der Waals surface area contributed by atoms with Crippen molar-refractivity contribution < 1.29 is 9.53 Å². The van der Waals surface area contributed by atoms with E-state index in [9.17, 15) is 9.59 Å². The third-order valence-corrected chi connectivity index (χ3v) is 1.38. The highest BCUT2D eigenvalue weighted by molar-refractivity contribution is 5.88. The second kappa shape index (κ2) is 4.39. The van der Waals surface area contributed by atoms with Gasteiger partial charge >= 0.3 is 5.97 Å². The van der Waals surface area contributed by atoms with Gasteiger partial charge in [-0.2, -0.15) is 5.10 Å². The molecular weight excluding hydrogens is 172 g/mol. The third kappa shape index (κ3) is 2.40.